The number of esters is 1. The Morgan fingerprint density at radius 1 is 1.21 bits per heavy atom. The molecule has 1 aliphatic heterocycles. The van der Waals surface area contributed by atoms with Crippen LogP contribution in [0.2, 0.25) is 5.02 Å². The van der Waals surface area contributed by atoms with Gasteiger partial charge in [-0.3, -0.25) is 4.79 Å². The first-order valence-corrected chi connectivity index (χ1v) is 9.65. The monoisotopic (exact) mass is 394 g/mol. The van der Waals surface area contributed by atoms with Crippen molar-refractivity contribution in [1.29, 1.82) is 5.26 Å². The number of fused-ring (bicyclic) bond motifs is 1. The Hall–Kier alpha value is -2.84. The normalized spacial score (nSPS) is 23.4. The molecule has 2 aromatic carbocycles. The van der Waals surface area contributed by atoms with Crippen LogP contribution in [0, 0.1) is 30.1 Å². The second-order valence-corrected chi connectivity index (χ2v) is 7.67. The molecule has 0 aromatic heterocycles. The fourth-order valence-corrected chi connectivity index (χ4v) is 4.48. The third kappa shape index (κ3) is 3.04. The van der Waals surface area contributed by atoms with E-state index in [1.807, 2.05) is 13.0 Å². The lowest BCUT2D eigenvalue weighted by atomic mass is 9.99. The van der Waals surface area contributed by atoms with Crippen molar-refractivity contribution in [2.45, 2.75) is 25.9 Å². The van der Waals surface area contributed by atoms with Crippen molar-refractivity contribution in [3.63, 3.8) is 0 Å². The number of carbonyl (C=O) groups excluding carboxylic acids is 2. The second kappa shape index (κ2) is 7.29. The molecule has 0 radical (unpaired) electrons. The van der Waals surface area contributed by atoms with Gasteiger partial charge in [0, 0.05) is 24.1 Å². The maximum absolute atomic E-state index is 13.0. The number of nitrogens with zero attached hydrogens (tertiary/aromatic N) is 2. The minimum absolute atomic E-state index is 0.0334. The smallest absolute Gasteiger partial charge is 0.338 e. The second-order valence-electron chi connectivity index (χ2n) is 7.29. The molecule has 2 aliphatic rings. The van der Waals surface area contributed by atoms with Gasteiger partial charge >= 0.3 is 5.97 Å². The Morgan fingerprint density at radius 2 is 1.96 bits per heavy atom. The van der Waals surface area contributed by atoms with Gasteiger partial charge in [-0.15, -0.1) is 0 Å². The number of amides is 1. The van der Waals surface area contributed by atoms with Gasteiger partial charge < -0.3 is 9.64 Å². The average molecular weight is 395 g/mol. The molecule has 0 N–H and O–H groups in total. The largest absolute Gasteiger partial charge is 0.458 e. The van der Waals surface area contributed by atoms with Crippen molar-refractivity contribution in [1.82, 2.24) is 0 Å². The number of hydrogen-bond acceptors (Lipinski definition) is 4. The maximum atomic E-state index is 13.0. The van der Waals surface area contributed by atoms with Crippen LogP contribution in [-0.2, 0) is 9.53 Å². The standard InChI is InChI=1S/C22H19ClN2O3/c1-13-18(9-7-15(11-24)20(13)23)25-12-17-16(21(25)26)8-10-19(17)28-22(27)14-5-3-2-4-6-14/h2-7,9,16-17,19H,8,10,12H2,1H3/t16-,17-,19?/m0/s1. The molecule has 6 heteroatoms. The molecule has 142 valence electrons. The molecule has 4 rings (SSSR count). The van der Waals surface area contributed by atoms with Crippen LogP contribution in [0.15, 0.2) is 42.5 Å². The highest BCUT2D eigenvalue weighted by molar-refractivity contribution is 6.33. The summed E-state index contributed by atoms with van der Waals surface area (Å²) in [5.74, 6) is -0.502. The number of rotatable bonds is 3. The van der Waals surface area contributed by atoms with Crippen LogP contribution < -0.4 is 4.90 Å². The lowest BCUT2D eigenvalue weighted by Crippen LogP contribution is -2.30. The van der Waals surface area contributed by atoms with Gasteiger partial charge in [0.2, 0.25) is 5.91 Å². The molecule has 1 unspecified atom stereocenters. The highest BCUT2D eigenvalue weighted by atomic mass is 35.5. The summed E-state index contributed by atoms with van der Waals surface area (Å²) in [5.41, 5.74) is 2.34. The van der Waals surface area contributed by atoms with Gasteiger partial charge in [-0.25, -0.2) is 4.79 Å². The molecule has 1 saturated carbocycles. The van der Waals surface area contributed by atoms with Crippen LogP contribution in [0.4, 0.5) is 5.69 Å². The number of benzene rings is 2. The average Bonchev–Trinajstić information content (AvgIpc) is 3.25. The summed E-state index contributed by atoms with van der Waals surface area (Å²) in [6.45, 7) is 2.30. The maximum Gasteiger partial charge on any atom is 0.338 e. The van der Waals surface area contributed by atoms with Gasteiger partial charge in [-0.05, 0) is 49.6 Å². The number of nitriles is 1. The topological polar surface area (TPSA) is 70.4 Å². The summed E-state index contributed by atoms with van der Waals surface area (Å²) in [5, 5.41) is 9.50. The summed E-state index contributed by atoms with van der Waals surface area (Å²) < 4.78 is 5.75. The van der Waals surface area contributed by atoms with Crippen LogP contribution in [-0.4, -0.2) is 24.5 Å². The fraction of sp³-hybridized carbons (Fsp3) is 0.318. The van der Waals surface area contributed by atoms with Crippen molar-refractivity contribution in [2.75, 3.05) is 11.4 Å². The first-order chi connectivity index (χ1) is 13.5. The van der Waals surface area contributed by atoms with Gasteiger partial charge in [0.05, 0.1) is 16.1 Å². The van der Waals surface area contributed by atoms with E-state index in [2.05, 4.69) is 6.07 Å². The zero-order chi connectivity index (χ0) is 19.8. The van der Waals surface area contributed by atoms with Crippen LogP contribution in [0.3, 0.4) is 0 Å². The number of anilines is 1. The van der Waals surface area contributed by atoms with Crippen molar-refractivity contribution in [3.8, 4) is 6.07 Å². The Kier molecular flexibility index (Phi) is 4.82. The first-order valence-electron chi connectivity index (χ1n) is 9.28. The summed E-state index contributed by atoms with van der Waals surface area (Å²) >= 11 is 6.28. The number of carbonyl (C=O) groups is 2. The molecule has 1 aliphatic carbocycles. The first kappa shape index (κ1) is 18.5. The number of ether oxygens (including phenoxy) is 1. The van der Waals surface area contributed by atoms with Crippen molar-refractivity contribution in [2.24, 2.45) is 11.8 Å². The van der Waals surface area contributed by atoms with Crippen molar-refractivity contribution < 1.29 is 14.3 Å². The number of halogens is 1. The lowest BCUT2D eigenvalue weighted by molar-refractivity contribution is -0.120. The third-order valence-corrected chi connectivity index (χ3v) is 6.26. The molecule has 3 atom stereocenters. The zero-order valence-corrected chi connectivity index (χ0v) is 16.1. The van der Waals surface area contributed by atoms with E-state index in [1.54, 1.807) is 41.3 Å². The van der Waals surface area contributed by atoms with E-state index in [4.69, 9.17) is 21.6 Å². The Balaban J connectivity index is 1.54. The summed E-state index contributed by atoms with van der Waals surface area (Å²) in [6.07, 6.45) is 1.12. The van der Waals surface area contributed by atoms with Crippen molar-refractivity contribution >= 4 is 29.2 Å². The third-order valence-electron chi connectivity index (χ3n) is 5.77. The molecule has 28 heavy (non-hydrogen) atoms. The lowest BCUT2D eigenvalue weighted by Gasteiger charge is -2.23. The Bertz CT molecular complexity index is 983. The van der Waals surface area contributed by atoms with E-state index in [0.29, 0.717) is 41.1 Å². The van der Waals surface area contributed by atoms with Gasteiger partial charge in [0.15, 0.2) is 0 Å². The van der Waals surface area contributed by atoms with Crippen LogP contribution in [0.25, 0.3) is 0 Å². The highest BCUT2D eigenvalue weighted by Gasteiger charge is 2.50. The quantitative estimate of drug-likeness (QED) is 0.734. The minimum atomic E-state index is -0.352. The summed E-state index contributed by atoms with van der Waals surface area (Å²) in [6, 6.07) is 14.4. The van der Waals surface area contributed by atoms with Crippen LogP contribution in [0.1, 0.15) is 34.3 Å². The molecule has 1 saturated heterocycles. The van der Waals surface area contributed by atoms with E-state index in [9.17, 15) is 9.59 Å². The summed E-state index contributed by atoms with van der Waals surface area (Å²) in [7, 11) is 0. The van der Waals surface area contributed by atoms with Gasteiger partial charge in [-0.1, -0.05) is 29.8 Å². The summed E-state index contributed by atoms with van der Waals surface area (Å²) in [4.78, 5) is 27.1. The molecular weight excluding hydrogens is 376 g/mol. The Labute approximate surface area is 168 Å². The molecule has 1 heterocycles. The molecule has 1 amide bonds. The van der Waals surface area contributed by atoms with Gasteiger partial charge in [0.1, 0.15) is 12.2 Å². The SMILES string of the molecule is Cc1c(N2C[C@@H]3C(OC(=O)c4ccccc4)CC[C@@H]3C2=O)ccc(C#N)c1Cl. The molecule has 0 bridgehead atoms. The van der Waals surface area contributed by atoms with E-state index in [-0.39, 0.29) is 29.8 Å². The molecule has 0 spiro atoms. The Morgan fingerprint density at radius 3 is 2.68 bits per heavy atom. The fourth-order valence-electron chi connectivity index (χ4n) is 4.28. The highest BCUT2D eigenvalue weighted by Crippen LogP contribution is 2.44. The molecular formula is C22H19ClN2O3. The zero-order valence-electron chi connectivity index (χ0n) is 15.4. The number of hydrogen-bond donors (Lipinski definition) is 0. The molecule has 2 aromatic rings. The molecule has 5 nitrogen and oxygen atoms in total. The minimum Gasteiger partial charge on any atom is -0.458 e. The van der Waals surface area contributed by atoms with E-state index in [1.165, 1.54) is 0 Å². The predicted molar refractivity (Wildman–Crippen MR) is 105 cm³/mol. The predicted octanol–water partition coefficient (Wildman–Crippen LogP) is 4.12. The van der Waals surface area contributed by atoms with Gasteiger partial charge in [-0.2, -0.15) is 5.26 Å². The van der Waals surface area contributed by atoms with E-state index >= 15 is 0 Å². The van der Waals surface area contributed by atoms with Crippen LogP contribution in [0.5, 0.6) is 0 Å². The van der Waals surface area contributed by atoms with E-state index in [0.717, 1.165) is 5.69 Å². The molecule has 2 fully saturated rings. The van der Waals surface area contributed by atoms with Crippen molar-refractivity contribution in [3.05, 3.63) is 64.2 Å². The van der Waals surface area contributed by atoms with Crippen LogP contribution >= 0.6 is 11.6 Å². The van der Waals surface area contributed by atoms with E-state index < -0.39 is 0 Å². The van der Waals surface area contributed by atoms with Gasteiger partial charge in [0.25, 0.3) is 0 Å².